The number of piperidine rings is 1. The second-order valence-corrected chi connectivity index (χ2v) is 18.6. The van der Waals surface area contributed by atoms with Crippen molar-refractivity contribution in [3.63, 3.8) is 0 Å². The summed E-state index contributed by atoms with van der Waals surface area (Å²) >= 11 is 6.29. The fourth-order valence-electron chi connectivity index (χ4n) is 10.4. The summed E-state index contributed by atoms with van der Waals surface area (Å²) in [6, 6.07) is 14.7. The third-order valence-corrected chi connectivity index (χ3v) is 14.1. The molecule has 0 radical (unpaired) electrons. The van der Waals surface area contributed by atoms with Gasteiger partial charge < -0.3 is 14.5 Å². The SMILES string of the molecule is CCc1cc(F)c(N2CCN(CC3CCN(c4ccc(C=O)c(CCCCC5C(C)(C)C(Oc6ccc(C#N)c(Cl)c6)C5(C)C)n4)CC3)CC2)cc1C(=O)C(C)CC. The lowest BCUT2D eigenvalue weighted by Crippen LogP contribution is -2.65. The first-order valence-corrected chi connectivity index (χ1v) is 22.0. The monoisotopic (exact) mass is 811 g/mol. The number of hydrogen-bond acceptors (Lipinski definition) is 8. The van der Waals surface area contributed by atoms with E-state index in [1.54, 1.807) is 18.2 Å². The molecule has 1 aromatic heterocycles. The molecule has 3 fully saturated rings. The van der Waals surface area contributed by atoms with Crippen LogP contribution in [-0.4, -0.2) is 73.9 Å². The maximum absolute atomic E-state index is 15.3. The number of Topliss-reactive ketones (excluding diaryl/α,β-unsaturated/α-hetero) is 1. The minimum atomic E-state index is -0.230. The van der Waals surface area contributed by atoms with Crippen molar-refractivity contribution >= 4 is 35.2 Å². The molecule has 10 heteroatoms. The first-order valence-electron chi connectivity index (χ1n) is 21.6. The van der Waals surface area contributed by atoms with Gasteiger partial charge in [-0.05, 0) is 98.7 Å². The number of aromatic nitrogens is 1. The molecule has 3 heterocycles. The molecule has 1 atom stereocenters. The molecule has 0 bridgehead atoms. The quantitative estimate of drug-likeness (QED) is 0.0803. The topological polar surface area (TPSA) is 89.8 Å². The van der Waals surface area contributed by atoms with E-state index >= 15 is 4.39 Å². The smallest absolute Gasteiger partial charge is 0.166 e. The number of aryl methyl sites for hydroxylation is 2. The van der Waals surface area contributed by atoms with Gasteiger partial charge in [0.15, 0.2) is 12.1 Å². The summed E-state index contributed by atoms with van der Waals surface area (Å²) in [7, 11) is 0. The van der Waals surface area contributed by atoms with Gasteiger partial charge >= 0.3 is 0 Å². The van der Waals surface area contributed by atoms with Crippen molar-refractivity contribution in [3.05, 3.63) is 81.3 Å². The second-order valence-electron chi connectivity index (χ2n) is 18.2. The number of nitrogens with zero attached hydrogens (tertiary/aromatic N) is 5. The number of carbonyl (C=O) groups is 2. The summed E-state index contributed by atoms with van der Waals surface area (Å²) in [5.41, 5.74) is 3.98. The van der Waals surface area contributed by atoms with Crippen molar-refractivity contribution in [2.45, 2.75) is 106 Å². The summed E-state index contributed by atoms with van der Waals surface area (Å²) in [6.07, 6.45) is 8.36. The van der Waals surface area contributed by atoms with Crippen LogP contribution in [0.5, 0.6) is 5.75 Å². The molecule has 2 aliphatic heterocycles. The van der Waals surface area contributed by atoms with E-state index in [1.165, 1.54) is 0 Å². The number of piperazine rings is 1. The van der Waals surface area contributed by atoms with Gasteiger partial charge in [-0.3, -0.25) is 14.5 Å². The fourth-order valence-corrected chi connectivity index (χ4v) is 10.6. The van der Waals surface area contributed by atoms with Gasteiger partial charge in [-0.25, -0.2) is 9.37 Å². The molecule has 2 aromatic carbocycles. The van der Waals surface area contributed by atoms with Crippen molar-refractivity contribution in [1.82, 2.24) is 9.88 Å². The lowest BCUT2D eigenvalue weighted by atomic mass is 9.44. The van der Waals surface area contributed by atoms with Gasteiger partial charge in [0.2, 0.25) is 0 Å². The highest BCUT2D eigenvalue weighted by atomic mass is 35.5. The van der Waals surface area contributed by atoms with E-state index in [2.05, 4.69) is 48.5 Å². The summed E-state index contributed by atoms with van der Waals surface area (Å²) in [5, 5.41) is 9.65. The second kappa shape index (κ2) is 18.5. The van der Waals surface area contributed by atoms with Crippen molar-refractivity contribution < 1.29 is 18.7 Å². The minimum absolute atomic E-state index is 0.0186. The van der Waals surface area contributed by atoms with E-state index in [-0.39, 0.29) is 34.5 Å². The lowest BCUT2D eigenvalue weighted by Gasteiger charge is -2.63. The first-order chi connectivity index (χ1) is 27.7. The largest absolute Gasteiger partial charge is 0.489 e. The van der Waals surface area contributed by atoms with Crippen LogP contribution in [0.1, 0.15) is 125 Å². The van der Waals surface area contributed by atoms with Crippen molar-refractivity contribution in [1.29, 1.82) is 5.26 Å². The molecular formula is C48H63ClFN5O3. The molecule has 0 amide bonds. The van der Waals surface area contributed by atoms with E-state index in [9.17, 15) is 14.9 Å². The maximum Gasteiger partial charge on any atom is 0.166 e. The predicted molar refractivity (Wildman–Crippen MR) is 232 cm³/mol. The van der Waals surface area contributed by atoms with Crippen LogP contribution < -0.4 is 14.5 Å². The van der Waals surface area contributed by atoms with E-state index in [0.717, 1.165) is 114 Å². The van der Waals surface area contributed by atoms with Crippen molar-refractivity contribution in [3.8, 4) is 11.8 Å². The average molecular weight is 813 g/mol. The van der Waals surface area contributed by atoms with Gasteiger partial charge in [-0.15, -0.1) is 0 Å². The number of benzene rings is 2. The molecule has 1 saturated carbocycles. The molecule has 1 aliphatic carbocycles. The molecule has 6 rings (SSSR count). The Balaban J connectivity index is 0.966. The van der Waals surface area contributed by atoms with Crippen LogP contribution in [0, 0.1) is 45.7 Å². The molecule has 312 valence electrons. The normalized spacial score (nSPS) is 21.2. The number of unbranched alkanes of at least 4 members (excludes halogenated alkanes) is 1. The third-order valence-electron chi connectivity index (χ3n) is 13.8. The molecule has 3 aromatic rings. The Morgan fingerprint density at radius 2 is 1.71 bits per heavy atom. The Morgan fingerprint density at radius 3 is 2.33 bits per heavy atom. The lowest BCUT2D eigenvalue weighted by molar-refractivity contribution is -0.201. The zero-order valence-electron chi connectivity index (χ0n) is 35.8. The van der Waals surface area contributed by atoms with Gasteiger partial charge in [-0.2, -0.15) is 5.26 Å². The highest BCUT2D eigenvalue weighted by Gasteiger charge is 2.62. The Hall–Kier alpha value is -4.00. The predicted octanol–water partition coefficient (Wildman–Crippen LogP) is 10.2. The fraction of sp³-hybridized carbons (Fsp3) is 0.583. The van der Waals surface area contributed by atoms with Gasteiger partial charge in [0.1, 0.15) is 29.6 Å². The number of ether oxygens (including phenoxy) is 1. The van der Waals surface area contributed by atoms with Crippen LogP contribution in [0.2, 0.25) is 5.02 Å². The number of halogens is 2. The van der Waals surface area contributed by atoms with Crippen LogP contribution >= 0.6 is 11.6 Å². The molecular weight excluding hydrogens is 749 g/mol. The molecule has 1 unspecified atom stereocenters. The first kappa shape index (κ1) is 43.6. The Labute approximate surface area is 351 Å². The number of anilines is 2. The number of nitriles is 1. The van der Waals surface area contributed by atoms with Crippen LogP contribution in [-0.2, 0) is 12.8 Å². The summed E-state index contributed by atoms with van der Waals surface area (Å²) in [4.78, 5) is 37.2. The number of rotatable bonds is 16. The van der Waals surface area contributed by atoms with E-state index in [1.807, 2.05) is 45.0 Å². The van der Waals surface area contributed by atoms with Crippen molar-refractivity contribution in [2.75, 3.05) is 55.6 Å². The number of aldehydes is 1. The van der Waals surface area contributed by atoms with Crippen molar-refractivity contribution in [2.24, 2.45) is 28.6 Å². The number of carbonyl (C=O) groups excluding carboxylic acids is 2. The summed E-state index contributed by atoms with van der Waals surface area (Å²) < 4.78 is 21.8. The van der Waals surface area contributed by atoms with Crippen LogP contribution in [0.3, 0.4) is 0 Å². The standard InChI is InChI=1S/C48H63ClFN5O3/c1-8-32(3)45(57)38-28-42(40(50)26-34(38)9-2)54-24-22-53(23-25-54)30-33-18-20-55(21-19-33)44-17-15-36(31-56)41(52-44)12-10-11-13-43-47(4,5)46(48(43,6)7)58-37-16-14-35(29-51)39(49)27-37/h14-17,26-28,31-33,43,46H,8-13,18-25,30H2,1-7H3. The molecule has 58 heavy (non-hydrogen) atoms. The average Bonchev–Trinajstić information content (AvgIpc) is 3.22. The number of ketones is 1. The van der Waals surface area contributed by atoms with E-state index in [4.69, 9.17) is 21.3 Å². The zero-order chi connectivity index (χ0) is 41.8. The summed E-state index contributed by atoms with van der Waals surface area (Å²) in [5.74, 6) is 2.51. The molecule has 2 saturated heterocycles. The summed E-state index contributed by atoms with van der Waals surface area (Å²) in [6.45, 7) is 21.2. The van der Waals surface area contributed by atoms with Crippen LogP contribution in [0.25, 0.3) is 0 Å². The zero-order valence-corrected chi connectivity index (χ0v) is 36.5. The number of pyridine rings is 1. The molecule has 3 aliphatic rings. The van der Waals surface area contributed by atoms with Crippen LogP contribution in [0.15, 0.2) is 42.5 Å². The van der Waals surface area contributed by atoms with Crippen LogP contribution in [0.4, 0.5) is 15.9 Å². The Bertz CT molecular complexity index is 1960. The van der Waals surface area contributed by atoms with Gasteiger partial charge in [0.25, 0.3) is 0 Å². The Morgan fingerprint density at radius 1 is 1.00 bits per heavy atom. The third kappa shape index (κ3) is 9.24. The minimum Gasteiger partial charge on any atom is -0.489 e. The van der Waals surface area contributed by atoms with E-state index < -0.39 is 0 Å². The maximum atomic E-state index is 15.3. The van der Waals surface area contributed by atoms with Gasteiger partial charge in [-0.1, -0.05) is 66.5 Å². The highest BCUT2D eigenvalue weighted by Crippen LogP contribution is 2.62. The van der Waals surface area contributed by atoms with Gasteiger partial charge in [0.05, 0.1) is 22.0 Å². The molecule has 0 N–H and O–H groups in total. The highest BCUT2D eigenvalue weighted by molar-refractivity contribution is 6.31. The molecule has 8 nitrogen and oxygen atoms in total. The molecule has 0 spiro atoms. The Kier molecular flexibility index (Phi) is 13.9. The number of hydrogen-bond donors (Lipinski definition) is 0. The van der Waals surface area contributed by atoms with E-state index in [0.29, 0.717) is 51.4 Å². The van der Waals surface area contributed by atoms with Gasteiger partial charge in [0, 0.05) is 79.8 Å².